The summed E-state index contributed by atoms with van der Waals surface area (Å²) in [5, 5.41) is 15.0. The van der Waals surface area contributed by atoms with Crippen molar-refractivity contribution in [3.05, 3.63) is 52.9 Å². The Hall–Kier alpha value is -2.52. The average Bonchev–Trinajstić information content (AvgIpc) is 3.48. The van der Waals surface area contributed by atoms with Gasteiger partial charge in [-0.25, -0.2) is 15.0 Å². The number of thiazole rings is 1. The van der Waals surface area contributed by atoms with Crippen molar-refractivity contribution < 1.29 is 18.3 Å². The number of hydrogen-bond acceptors (Lipinski definition) is 6. The smallest absolute Gasteiger partial charge is 0.383 e. The average molecular weight is 489 g/mol. The second kappa shape index (κ2) is 8.30. The molecule has 180 valence electrons. The maximum absolute atomic E-state index is 13.1. The van der Waals surface area contributed by atoms with Gasteiger partial charge in [0, 0.05) is 18.1 Å². The van der Waals surface area contributed by atoms with Crippen LogP contribution in [0.3, 0.4) is 0 Å². The maximum Gasteiger partial charge on any atom is 0.433 e. The molecule has 3 aromatic rings. The van der Waals surface area contributed by atoms with Gasteiger partial charge in [0.15, 0.2) is 0 Å². The molecule has 2 fully saturated rings. The first-order valence-electron chi connectivity index (χ1n) is 11.5. The molecule has 0 saturated heterocycles. The molecule has 5 nitrogen and oxygen atoms in total. The number of aliphatic hydroxyl groups is 1. The van der Waals surface area contributed by atoms with Crippen LogP contribution in [-0.2, 0) is 11.8 Å². The normalized spacial score (nSPS) is 22.5. The summed E-state index contributed by atoms with van der Waals surface area (Å²) in [6, 6.07) is 6.79. The molecule has 34 heavy (non-hydrogen) atoms. The van der Waals surface area contributed by atoms with E-state index in [9.17, 15) is 18.3 Å². The van der Waals surface area contributed by atoms with E-state index in [0.29, 0.717) is 24.4 Å². The van der Waals surface area contributed by atoms with Crippen molar-refractivity contribution in [2.45, 2.75) is 70.1 Å². The number of benzene rings is 1. The zero-order valence-electron chi connectivity index (χ0n) is 19.1. The van der Waals surface area contributed by atoms with Crippen LogP contribution in [0.5, 0.6) is 0 Å². The van der Waals surface area contributed by atoms with Crippen molar-refractivity contribution in [1.29, 1.82) is 0 Å². The highest BCUT2D eigenvalue weighted by Gasteiger charge is 2.42. The Labute approximate surface area is 200 Å². The Morgan fingerprint density at radius 2 is 1.91 bits per heavy atom. The van der Waals surface area contributed by atoms with E-state index < -0.39 is 17.5 Å². The van der Waals surface area contributed by atoms with E-state index in [-0.39, 0.29) is 11.4 Å². The SMILES string of the molecule is CC1(C)CCC[C@@](O)(c2ncc(-c3cc(Nc4nccc(C(F)(F)F)n4)cc(C4CC4)c3)s2)C1. The number of hydrogen-bond donors (Lipinski definition) is 2. The van der Waals surface area contributed by atoms with E-state index in [0.717, 1.165) is 59.0 Å². The topological polar surface area (TPSA) is 70.9 Å². The Balaban J connectivity index is 1.46. The zero-order valence-corrected chi connectivity index (χ0v) is 19.9. The molecule has 2 heterocycles. The van der Waals surface area contributed by atoms with Crippen LogP contribution >= 0.6 is 11.3 Å². The first kappa shape index (κ1) is 23.2. The highest BCUT2D eigenvalue weighted by molar-refractivity contribution is 7.15. The summed E-state index contributed by atoms with van der Waals surface area (Å²) >= 11 is 1.48. The number of nitrogens with zero attached hydrogens (tertiary/aromatic N) is 3. The number of alkyl halides is 3. The summed E-state index contributed by atoms with van der Waals surface area (Å²) in [6.45, 7) is 4.36. The minimum absolute atomic E-state index is 0.0623. The number of rotatable bonds is 5. The molecule has 0 amide bonds. The molecule has 2 aromatic heterocycles. The van der Waals surface area contributed by atoms with Gasteiger partial charge in [-0.15, -0.1) is 11.3 Å². The van der Waals surface area contributed by atoms with Crippen LogP contribution in [0.15, 0.2) is 36.7 Å². The Kier molecular flexibility index (Phi) is 5.67. The molecular weight excluding hydrogens is 461 g/mol. The summed E-state index contributed by atoms with van der Waals surface area (Å²) in [4.78, 5) is 13.1. The van der Waals surface area contributed by atoms with Crippen LogP contribution in [0.1, 0.15) is 74.6 Å². The first-order valence-corrected chi connectivity index (χ1v) is 12.3. The summed E-state index contributed by atoms with van der Waals surface area (Å²) in [7, 11) is 0. The molecule has 1 aromatic carbocycles. The lowest BCUT2D eigenvalue weighted by atomic mass is 9.70. The molecule has 0 unspecified atom stereocenters. The van der Waals surface area contributed by atoms with Gasteiger partial charge < -0.3 is 10.4 Å². The highest BCUT2D eigenvalue weighted by Crippen LogP contribution is 2.48. The van der Waals surface area contributed by atoms with Crippen molar-refractivity contribution in [2.24, 2.45) is 5.41 Å². The standard InChI is InChI=1S/C25H27F3N4OS/c1-23(2)7-3-8-24(33,14-23)21-30-13-19(34-21)17-10-16(15-4-5-15)11-18(12-17)31-22-29-9-6-20(32-22)25(26,27)28/h6,9-13,15,33H,3-5,7-8,14H2,1-2H3,(H,29,31,32)/t24-/m0/s1. The first-order chi connectivity index (χ1) is 16.0. The molecule has 1 atom stereocenters. The summed E-state index contributed by atoms with van der Waals surface area (Å²) in [5.41, 5.74) is 0.824. The molecule has 9 heteroatoms. The minimum atomic E-state index is -4.53. The van der Waals surface area contributed by atoms with Crippen LogP contribution in [-0.4, -0.2) is 20.1 Å². The van der Waals surface area contributed by atoms with E-state index in [1.807, 2.05) is 12.1 Å². The van der Waals surface area contributed by atoms with Gasteiger partial charge in [0.2, 0.25) is 5.95 Å². The van der Waals surface area contributed by atoms with E-state index in [2.05, 4.69) is 40.2 Å². The van der Waals surface area contributed by atoms with E-state index in [1.165, 1.54) is 11.3 Å². The predicted octanol–water partition coefficient (Wildman–Crippen LogP) is 7.03. The third-order valence-electron chi connectivity index (χ3n) is 6.61. The van der Waals surface area contributed by atoms with Crippen molar-refractivity contribution in [2.75, 3.05) is 5.32 Å². The predicted molar refractivity (Wildman–Crippen MR) is 126 cm³/mol. The fourth-order valence-corrected chi connectivity index (χ4v) is 5.88. The number of halogens is 3. The van der Waals surface area contributed by atoms with Gasteiger partial charge in [0.1, 0.15) is 16.3 Å². The molecule has 2 aliphatic carbocycles. The van der Waals surface area contributed by atoms with Crippen LogP contribution in [0.25, 0.3) is 10.4 Å². The lowest BCUT2D eigenvalue weighted by Crippen LogP contribution is -2.36. The number of nitrogens with one attached hydrogen (secondary N) is 1. The summed E-state index contributed by atoms with van der Waals surface area (Å²) in [5.74, 6) is 0.344. The van der Waals surface area contributed by atoms with Crippen LogP contribution in [0, 0.1) is 5.41 Å². The molecule has 2 saturated carbocycles. The van der Waals surface area contributed by atoms with Crippen molar-refractivity contribution in [3.63, 3.8) is 0 Å². The van der Waals surface area contributed by atoms with Crippen LogP contribution in [0.4, 0.5) is 24.8 Å². The fraction of sp³-hybridized carbons (Fsp3) is 0.480. The third-order valence-corrected chi connectivity index (χ3v) is 7.85. The Bertz CT molecular complexity index is 1200. The number of aromatic nitrogens is 3. The largest absolute Gasteiger partial charge is 0.433 e. The summed E-state index contributed by atoms with van der Waals surface area (Å²) in [6.07, 6.45) is 3.96. The lowest BCUT2D eigenvalue weighted by molar-refractivity contribution is -0.141. The van der Waals surface area contributed by atoms with Crippen molar-refractivity contribution >= 4 is 23.0 Å². The summed E-state index contributed by atoms with van der Waals surface area (Å²) < 4.78 is 39.2. The van der Waals surface area contributed by atoms with Gasteiger partial charge in [-0.1, -0.05) is 13.8 Å². The van der Waals surface area contributed by atoms with Crippen molar-refractivity contribution in [3.8, 4) is 10.4 Å². The third kappa shape index (κ3) is 4.95. The second-order valence-corrected chi connectivity index (χ2v) is 11.3. The van der Waals surface area contributed by atoms with Gasteiger partial charge >= 0.3 is 6.18 Å². The molecular formula is C25H27F3N4OS. The highest BCUT2D eigenvalue weighted by atomic mass is 32.1. The van der Waals surface area contributed by atoms with E-state index in [1.54, 1.807) is 6.20 Å². The molecule has 2 N–H and O–H groups in total. The van der Waals surface area contributed by atoms with E-state index >= 15 is 0 Å². The monoisotopic (exact) mass is 488 g/mol. The van der Waals surface area contributed by atoms with Gasteiger partial charge in [-0.2, -0.15) is 13.2 Å². The molecule has 2 aliphatic rings. The molecule has 0 bridgehead atoms. The van der Waals surface area contributed by atoms with Gasteiger partial charge in [0.05, 0.1) is 4.88 Å². The fourth-order valence-electron chi connectivity index (χ4n) is 4.86. The lowest BCUT2D eigenvalue weighted by Gasteiger charge is -2.40. The van der Waals surface area contributed by atoms with Gasteiger partial charge in [-0.3, -0.25) is 0 Å². The second-order valence-electron chi connectivity index (χ2n) is 10.3. The molecule has 0 spiro atoms. The Morgan fingerprint density at radius 1 is 1.12 bits per heavy atom. The molecule has 0 radical (unpaired) electrons. The van der Waals surface area contributed by atoms with E-state index in [4.69, 9.17) is 0 Å². The van der Waals surface area contributed by atoms with Gasteiger partial charge in [-0.05, 0) is 85.3 Å². The zero-order chi connectivity index (χ0) is 24.1. The van der Waals surface area contributed by atoms with Gasteiger partial charge in [0.25, 0.3) is 0 Å². The minimum Gasteiger partial charge on any atom is -0.383 e. The maximum atomic E-state index is 13.1. The number of anilines is 2. The molecule has 0 aliphatic heterocycles. The molecule has 5 rings (SSSR count). The Morgan fingerprint density at radius 3 is 2.62 bits per heavy atom. The quantitative estimate of drug-likeness (QED) is 0.404. The van der Waals surface area contributed by atoms with Crippen molar-refractivity contribution in [1.82, 2.24) is 15.0 Å². The van der Waals surface area contributed by atoms with Crippen LogP contribution in [0.2, 0.25) is 0 Å². The van der Waals surface area contributed by atoms with Crippen LogP contribution < -0.4 is 5.32 Å².